The van der Waals surface area contributed by atoms with Crippen molar-refractivity contribution in [2.24, 2.45) is 0 Å². The van der Waals surface area contributed by atoms with Gasteiger partial charge in [-0.3, -0.25) is 4.79 Å². The van der Waals surface area contributed by atoms with Crippen LogP contribution in [0.5, 0.6) is 0 Å². The Morgan fingerprint density at radius 2 is 2.00 bits per heavy atom. The third kappa shape index (κ3) is 6.41. The number of aliphatic carboxylic acids is 2. The van der Waals surface area contributed by atoms with E-state index in [0.717, 1.165) is 0 Å². The zero-order valence-corrected chi connectivity index (χ0v) is 8.30. The predicted octanol–water partition coefficient (Wildman–Crippen LogP) is -4.49. The second kappa shape index (κ2) is 6.03. The molecule has 1 N–H and O–H groups in total. The van der Waals surface area contributed by atoms with Crippen LogP contribution in [-0.2, 0) is 9.59 Å². The van der Waals surface area contributed by atoms with Gasteiger partial charge in [0.2, 0.25) is 0 Å². The summed E-state index contributed by atoms with van der Waals surface area (Å²) in [7, 11) is 0. The molecule has 0 aromatic heterocycles. The normalized spacial score (nSPS) is 11.3. The number of rotatable bonds is 3. The molecule has 0 heterocycles. The molecule has 1 atom stereocenters. The fourth-order valence-electron chi connectivity index (χ4n) is 0.245. The fraction of sp³-hybridized carbons (Fsp3) is 0.500. The van der Waals surface area contributed by atoms with E-state index in [1.165, 1.54) is 0 Å². The van der Waals surface area contributed by atoms with E-state index in [0.29, 0.717) is 0 Å². The first-order valence-corrected chi connectivity index (χ1v) is 2.66. The summed E-state index contributed by atoms with van der Waals surface area (Å²) < 4.78 is 0. The van der Waals surface area contributed by atoms with Crippen molar-refractivity contribution in [3.63, 3.8) is 0 Å². The van der Waals surface area contributed by atoms with Crippen molar-refractivity contribution in [1.29, 1.82) is 0 Å². The Labute approximate surface area is 85.3 Å². The van der Waals surface area contributed by atoms with Crippen LogP contribution in [0.1, 0.15) is 6.42 Å². The molecule has 0 amide bonds. The third-order valence-corrected chi connectivity index (χ3v) is 1.05. The Balaban J connectivity index is 0. The fourth-order valence-corrected chi connectivity index (χ4v) is 0.394. The van der Waals surface area contributed by atoms with Crippen molar-refractivity contribution in [2.45, 2.75) is 11.7 Å². The van der Waals surface area contributed by atoms with Gasteiger partial charge in [0.05, 0.1) is 0 Å². The quantitative estimate of drug-likeness (QED) is 0.332. The predicted molar refractivity (Wildman–Crippen MR) is 30.0 cm³/mol. The van der Waals surface area contributed by atoms with Gasteiger partial charge in [-0.25, -0.2) is 0 Å². The standard InChI is InChI=1S/C4H6O4S.Na/c5-3(6)1-2(9)4(7)8;/h2,9H,1H2,(H,5,6)(H,7,8);/q;+1/p-1. The molecule has 0 rings (SSSR count). The van der Waals surface area contributed by atoms with Crippen LogP contribution in [0.25, 0.3) is 0 Å². The number of carbonyl (C=O) groups excluding carboxylic acids is 1. The molecule has 0 saturated heterocycles. The molecule has 6 heteroatoms. The van der Waals surface area contributed by atoms with Crippen LogP contribution in [0.4, 0.5) is 0 Å². The minimum absolute atomic E-state index is 0. The minimum Gasteiger partial charge on any atom is -0.550 e. The average molecular weight is 172 g/mol. The largest absolute Gasteiger partial charge is 1.00 e. The van der Waals surface area contributed by atoms with Crippen molar-refractivity contribution in [1.82, 2.24) is 0 Å². The van der Waals surface area contributed by atoms with Gasteiger partial charge in [-0.1, -0.05) is 0 Å². The summed E-state index contributed by atoms with van der Waals surface area (Å²) in [6.45, 7) is 0. The number of carbonyl (C=O) groups is 2. The van der Waals surface area contributed by atoms with E-state index in [1.54, 1.807) is 0 Å². The topological polar surface area (TPSA) is 77.4 Å². The first-order chi connectivity index (χ1) is 4.04. The van der Waals surface area contributed by atoms with E-state index in [2.05, 4.69) is 12.6 Å². The van der Waals surface area contributed by atoms with Crippen LogP contribution >= 0.6 is 12.6 Å². The summed E-state index contributed by atoms with van der Waals surface area (Å²) in [5.74, 6) is -2.65. The number of hydrogen-bond acceptors (Lipinski definition) is 4. The van der Waals surface area contributed by atoms with E-state index in [9.17, 15) is 14.7 Å². The van der Waals surface area contributed by atoms with Crippen LogP contribution in [0, 0.1) is 0 Å². The Hall–Kier alpha value is 0.290. The van der Waals surface area contributed by atoms with Gasteiger partial charge in [-0.05, 0) is 0 Å². The molecule has 0 saturated carbocycles. The molecule has 0 aromatic carbocycles. The second-order valence-electron chi connectivity index (χ2n) is 1.43. The molecule has 0 fully saturated rings. The van der Waals surface area contributed by atoms with Crippen LogP contribution in [0.15, 0.2) is 0 Å². The number of carboxylic acid groups (broad SMARTS) is 2. The molecule has 0 spiro atoms. The molecule has 0 radical (unpaired) electrons. The molecular formula is C4H5NaO4S. The molecule has 0 aliphatic carbocycles. The summed E-state index contributed by atoms with van der Waals surface area (Å²) in [5, 5.41) is 16.6. The summed E-state index contributed by atoms with van der Waals surface area (Å²) >= 11 is 3.44. The van der Waals surface area contributed by atoms with Crippen LogP contribution < -0.4 is 34.7 Å². The summed E-state index contributed by atoms with van der Waals surface area (Å²) in [6, 6.07) is 0. The summed E-state index contributed by atoms with van der Waals surface area (Å²) in [4.78, 5) is 19.6. The van der Waals surface area contributed by atoms with E-state index >= 15 is 0 Å². The average Bonchev–Trinajstić information content (AvgIpc) is 1.63. The van der Waals surface area contributed by atoms with Gasteiger partial charge < -0.3 is 15.0 Å². The van der Waals surface area contributed by atoms with Gasteiger partial charge >= 0.3 is 35.5 Å². The van der Waals surface area contributed by atoms with Crippen molar-refractivity contribution in [3.8, 4) is 0 Å². The van der Waals surface area contributed by atoms with Gasteiger partial charge in [-0.2, -0.15) is 12.6 Å². The Morgan fingerprint density at radius 1 is 1.60 bits per heavy atom. The van der Waals surface area contributed by atoms with E-state index in [-0.39, 0.29) is 29.6 Å². The van der Waals surface area contributed by atoms with Crippen LogP contribution in [0.3, 0.4) is 0 Å². The van der Waals surface area contributed by atoms with Crippen LogP contribution in [-0.4, -0.2) is 22.3 Å². The summed E-state index contributed by atoms with van der Waals surface area (Å²) in [6.07, 6.45) is -0.557. The number of thiol groups is 1. The Kier molecular flexibility index (Phi) is 7.79. The SMILES string of the molecule is O=C([O-])CC(S)C(=O)O.[Na+]. The summed E-state index contributed by atoms with van der Waals surface area (Å²) in [5.41, 5.74) is 0. The molecule has 0 bridgehead atoms. The minimum atomic E-state index is -1.41. The maximum Gasteiger partial charge on any atom is 1.00 e. The third-order valence-electron chi connectivity index (χ3n) is 0.645. The molecule has 10 heavy (non-hydrogen) atoms. The van der Waals surface area contributed by atoms with E-state index < -0.39 is 23.6 Å². The number of carboxylic acids is 2. The first kappa shape index (κ1) is 12.9. The van der Waals surface area contributed by atoms with Gasteiger partial charge in [0.25, 0.3) is 0 Å². The molecule has 0 aromatic rings. The van der Waals surface area contributed by atoms with Crippen molar-refractivity contribution >= 4 is 24.6 Å². The van der Waals surface area contributed by atoms with Crippen molar-refractivity contribution < 1.29 is 49.4 Å². The Morgan fingerprint density at radius 3 is 2.10 bits per heavy atom. The zero-order valence-electron chi connectivity index (χ0n) is 5.40. The van der Waals surface area contributed by atoms with Gasteiger partial charge in [-0.15, -0.1) is 0 Å². The van der Waals surface area contributed by atoms with Crippen molar-refractivity contribution in [3.05, 3.63) is 0 Å². The van der Waals surface area contributed by atoms with Gasteiger partial charge in [0, 0.05) is 12.4 Å². The molecule has 0 aliphatic rings. The Bertz CT molecular complexity index is 137. The molecule has 4 nitrogen and oxygen atoms in total. The molecule has 52 valence electrons. The zero-order chi connectivity index (χ0) is 7.44. The van der Waals surface area contributed by atoms with Gasteiger partial charge in [0.1, 0.15) is 5.25 Å². The molecule has 0 aliphatic heterocycles. The molecular weight excluding hydrogens is 167 g/mol. The maximum atomic E-state index is 9.87. The van der Waals surface area contributed by atoms with Crippen LogP contribution in [0.2, 0.25) is 0 Å². The monoisotopic (exact) mass is 172 g/mol. The smallest absolute Gasteiger partial charge is 0.550 e. The second-order valence-corrected chi connectivity index (χ2v) is 2.05. The maximum absolute atomic E-state index is 9.87. The van der Waals surface area contributed by atoms with Gasteiger partial charge in [0.15, 0.2) is 0 Å². The van der Waals surface area contributed by atoms with E-state index in [4.69, 9.17) is 5.11 Å². The number of hydrogen-bond donors (Lipinski definition) is 2. The first-order valence-electron chi connectivity index (χ1n) is 2.14. The van der Waals surface area contributed by atoms with E-state index in [1.807, 2.05) is 0 Å². The van der Waals surface area contributed by atoms with Crippen molar-refractivity contribution in [2.75, 3.05) is 0 Å². The molecule has 1 unspecified atom stereocenters.